The number of amides is 1. The van der Waals surface area contributed by atoms with Gasteiger partial charge in [0.05, 0.1) is 0 Å². The van der Waals surface area contributed by atoms with Gasteiger partial charge in [-0.2, -0.15) is 0 Å². The fourth-order valence-electron chi connectivity index (χ4n) is 2.27. The maximum Gasteiger partial charge on any atom is 0.331 e. The molecule has 1 amide bonds. The highest BCUT2D eigenvalue weighted by Gasteiger charge is 2.25. The van der Waals surface area contributed by atoms with Crippen LogP contribution in [0.4, 0.5) is 5.69 Å². The van der Waals surface area contributed by atoms with Crippen LogP contribution in [0.15, 0.2) is 47.1 Å². The molecule has 0 aromatic heterocycles. The third-order valence-corrected chi connectivity index (χ3v) is 3.59. The highest BCUT2D eigenvalue weighted by molar-refractivity contribution is 6.18. The van der Waals surface area contributed by atoms with Crippen LogP contribution in [-0.2, 0) is 14.3 Å². The maximum absolute atomic E-state index is 12.4. The van der Waals surface area contributed by atoms with Crippen LogP contribution in [0.5, 0.6) is 0 Å². The van der Waals surface area contributed by atoms with Gasteiger partial charge in [0, 0.05) is 32.9 Å². The van der Waals surface area contributed by atoms with Crippen molar-refractivity contribution in [3.63, 3.8) is 0 Å². The van der Waals surface area contributed by atoms with E-state index in [0.29, 0.717) is 11.5 Å². The molecule has 1 aromatic carbocycles. The molecular formula is C20H25N3O3. The first-order chi connectivity index (χ1) is 12.1. The molecular weight excluding hydrogens is 330 g/mol. The van der Waals surface area contributed by atoms with E-state index in [2.05, 4.69) is 4.99 Å². The summed E-state index contributed by atoms with van der Waals surface area (Å²) < 4.78 is 5.21. The summed E-state index contributed by atoms with van der Waals surface area (Å²) in [6, 6.07) is 7.81. The van der Waals surface area contributed by atoms with Gasteiger partial charge in [0.25, 0.3) is 5.91 Å². The minimum Gasteiger partial charge on any atom is -0.457 e. The SMILES string of the molecule is CN1C(=O)/C(=C/c2ccc(N(C)C)cc2)N=C1/C=C/C(=O)OC(C)(C)C. The van der Waals surface area contributed by atoms with E-state index in [4.69, 9.17) is 4.74 Å². The summed E-state index contributed by atoms with van der Waals surface area (Å²) in [5.41, 5.74) is 1.72. The number of rotatable bonds is 4. The van der Waals surface area contributed by atoms with Gasteiger partial charge in [-0.25, -0.2) is 9.79 Å². The quantitative estimate of drug-likeness (QED) is 0.615. The van der Waals surface area contributed by atoms with Crippen LogP contribution < -0.4 is 4.90 Å². The number of likely N-dealkylation sites (N-methyl/N-ethyl adjacent to an activating group) is 1. The lowest BCUT2D eigenvalue weighted by atomic mass is 10.1. The van der Waals surface area contributed by atoms with Gasteiger partial charge in [0.15, 0.2) is 0 Å². The van der Waals surface area contributed by atoms with Gasteiger partial charge in [-0.1, -0.05) is 12.1 Å². The largest absolute Gasteiger partial charge is 0.457 e. The molecule has 1 heterocycles. The summed E-state index contributed by atoms with van der Waals surface area (Å²) in [6.07, 6.45) is 4.50. The monoisotopic (exact) mass is 355 g/mol. The predicted octanol–water partition coefficient (Wildman–Crippen LogP) is 2.86. The molecule has 0 N–H and O–H groups in total. The molecule has 0 radical (unpaired) electrons. The average Bonchev–Trinajstić information content (AvgIpc) is 2.80. The molecule has 0 spiro atoms. The topological polar surface area (TPSA) is 62.2 Å². The molecule has 6 heteroatoms. The number of anilines is 1. The van der Waals surface area contributed by atoms with Crippen molar-refractivity contribution in [1.82, 2.24) is 4.90 Å². The number of amidine groups is 1. The van der Waals surface area contributed by atoms with Crippen LogP contribution in [0.1, 0.15) is 26.3 Å². The van der Waals surface area contributed by atoms with Gasteiger partial charge in [-0.15, -0.1) is 0 Å². The molecule has 0 saturated heterocycles. The fraction of sp³-hybridized carbons (Fsp3) is 0.350. The van der Waals surface area contributed by atoms with Gasteiger partial charge in [0.1, 0.15) is 17.1 Å². The number of ether oxygens (including phenoxy) is 1. The number of benzene rings is 1. The van der Waals surface area contributed by atoms with E-state index in [-0.39, 0.29) is 5.91 Å². The number of hydrogen-bond acceptors (Lipinski definition) is 5. The van der Waals surface area contributed by atoms with Crippen LogP contribution in [0.3, 0.4) is 0 Å². The second-order valence-corrected chi connectivity index (χ2v) is 7.22. The Balaban J connectivity index is 2.18. The highest BCUT2D eigenvalue weighted by atomic mass is 16.6. The molecule has 26 heavy (non-hydrogen) atoms. The number of aliphatic imine (C=N–C) groups is 1. The van der Waals surface area contributed by atoms with Gasteiger partial charge < -0.3 is 9.64 Å². The molecule has 0 bridgehead atoms. The van der Waals surface area contributed by atoms with Gasteiger partial charge in [-0.05, 0) is 50.6 Å². The Morgan fingerprint density at radius 1 is 1.19 bits per heavy atom. The zero-order valence-electron chi connectivity index (χ0n) is 16.1. The van der Waals surface area contributed by atoms with Crippen molar-refractivity contribution >= 4 is 29.5 Å². The van der Waals surface area contributed by atoms with E-state index in [9.17, 15) is 9.59 Å². The van der Waals surface area contributed by atoms with E-state index in [0.717, 1.165) is 11.3 Å². The predicted molar refractivity (Wildman–Crippen MR) is 104 cm³/mol. The first kappa shape index (κ1) is 19.4. The van der Waals surface area contributed by atoms with Crippen molar-refractivity contribution in [2.75, 3.05) is 26.0 Å². The minimum atomic E-state index is -0.565. The van der Waals surface area contributed by atoms with Gasteiger partial charge in [0.2, 0.25) is 0 Å². The van der Waals surface area contributed by atoms with E-state index >= 15 is 0 Å². The Bertz CT molecular complexity index is 782. The van der Waals surface area contributed by atoms with E-state index in [1.165, 1.54) is 17.1 Å². The number of nitrogens with zero attached hydrogens (tertiary/aromatic N) is 3. The lowest BCUT2D eigenvalue weighted by Gasteiger charge is -2.18. The van der Waals surface area contributed by atoms with Crippen LogP contribution in [0, 0.1) is 0 Å². The summed E-state index contributed by atoms with van der Waals surface area (Å²) in [7, 11) is 5.56. The third-order valence-electron chi connectivity index (χ3n) is 3.59. The van der Waals surface area contributed by atoms with Crippen molar-refractivity contribution in [1.29, 1.82) is 0 Å². The number of carbonyl (C=O) groups excluding carboxylic acids is 2. The smallest absolute Gasteiger partial charge is 0.331 e. The van der Waals surface area contributed by atoms with Crippen LogP contribution in [0.25, 0.3) is 6.08 Å². The van der Waals surface area contributed by atoms with Crippen molar-refractivity contribution < 1.29 is 14.3 Å². The lowest BCUT2D eigenvalue weighted by molar-refractivity contribution is -0.148. The number of carbonyl (C=O) groups is 2. The van der Waals surface area contributed by atoms with Crippen molar-refractivity contribution in [3.05, 3.63) is 47.7 Å². The second kappa shape index (κ2) is 7.56. The second-order valence-electron chi connectivity index (χ2n) is 7.22. The normalized spacial score (nSPS) is 16.4. The Morgan fingerprint density at radius 2 is 1.81 bits per heavy atom. The summed E-state index contributed by atoms with van der Waals surface area (Å²) in [6.45, 7) is 5.39. The molecule has 0 saturated carbocycles. The first-order valence-electron chi connectivity index (χ1n) is 8.34. The Labute approximate surface area is 154 Å². The fourth-order valence-corrected chi connectivity index (χ4v) is 2.27. The van der Waals surface area contributed by atoms with E-state index < -0.39 is 11.6 Å². The zero-order valence-corrected chi connectivity index (χ0v) is 16.1. The van der Waals surface area contributed by atoms with Gasteiger partial charge in [-0.3, -0.25) is 9.69 Å². The molecule has 1 aliphatic rings. The zero-order chi connectivity index (χ0) is 19.5. The summed E-state index contributed by atoms with van der Waals surface area (Å²) in [5.74, 6) is -0.291. The van der Waals surface area contributed by atoms with E-state index in [1.54, 1.807) is 33.9 Å². The molecule has 1 aliphatic heterocycles. The molecule has 0 unspecified atom stereocenters. The van der Waals surface area contributed by atoms with Crippen molar-refractivity contribution in [2.45, 2.75) is 26.4 Å². The Morgan fingerprint density at radius 3 is 2.35 bits per heavy atom. The molecule has 1 aromatic rings. The summed E-state index contributed by atoms with van der Waals surface area (Å²) in [4.78, 5) is 31.9. The third kappa shape index (κ3) is 5.05. The standard InChI is InChI=1S/C20H25N3O3/c1-20(2,3)26-18(24)12-11-17-21-16(19(25)23(17)6)13-14-7-9-15(10-8-14)22(4)5/h7-13H,1-6H3/b12-11+,16-13-. The lowest BCUT2D eigenvalue weighted by Crippen LogP contribution is -2.27. The highest BCUT2D eigenvalue weighted by Crippen LogP contribution is 2.19. The molecule has 6 nitrogen and oxygen atoms in total. The van der Waals surface area contributed by atoms with Crippen LogP contribution in [-0.4, -0.2) is 49.4 Å². The summed E-state index contributed by atoms with van der Waals surface area (Å²) >= 11 is 0. The number of hydrogen-bond donors (Lipinski definition) is 0. The first-order valence-corrected chi connectivity index (χ1v) is 8.34. The van der Waals surface area contributed by atoms with E-state index in [1.807, 2.05) is 43.3 Å². The Kier molecular flexibility index (Phi) is 5.65. The van der Waals surface area contributed by atoms with Crippen LogP contribution in [0.2, 0.25) is 0 Å². The minimum absolute atomic E-state index is 0.217. The van der Waals surface area contributed by atoms with Crippen LogP contribution >= 0.6 is 0 Å². The number of esters is 1. The molecule has 2 rings (SSSR count). The molecule has 0 fully saturated rings. The van der Waals surface area contributed by atoms with Crippen molar-refractivity contribution in [3.8, 4) is 0 Å². The summed E-state index contributed by atoms with van der Waals surface area (Å²) in [5, 5.41) is 0. The van der Waals surface area contributed by atoms with Crippen molar-refractivity contribution in [2.24, 2.45) is 4.99 Å². The molecule has 0 atom stereocenters. The Hall–Kier alpha value is -2.89. The van der Waals surface area contributed by atoms with Gasteiger partial charge >= 0.3 is 5.97 Å². The molecule has 0 aliphatic carbocycles. The maximum atomic E-state index is 12.4. The molecule has 138 valence electrons. The average molecular weight is 355 g/mol.